The highest BCUT2D eigenvalue weighted by Crippen LogP contribution is 2.30. The molecule has 1 aliphatic rings. The number of aromatic carboxylic acids is 1. The fourth-order valence-corrected chi connectivity index (χ4v) is 2.71. The molecule has 6 heteroatoms. The lowest BCUT2D eigenvalue weighted by molar-refractivity contribution is -0.142. The van der Waals surface area contributed by atoms with Gasteiger partial charge in [-0.05, 0) is 43.7 Å². The van der Waals surface area contributed by atoms with Crippen LogP contribution in [0.2, 0.25) is 0 Å². The van der Waals surface area contributed by atoms with Gasteiger partial charge < -0.3 is 14.6 Å². The first-order valence-corrected chi connectivity index (χ1v) is 7.26. The minimum Gasteiger partial charge on any atom is -0.490 e. The Labute approximate surface area is 128 Å². The highest BCUT2D eigenvalue weighted by atomic mass is 19.1. The smallest absolute Gasteiger partial charge is 0.338 e. The second-order valence-electron chi connectivity index (χ2n) is 5.49. The average Bonchev–Trinajstić information content (AvgIpc) is 2.49. The number of carbonyl (C=O) groups excluding carboxylic acids is 1. The number of methoxy groups -OCH3 is 1. The Balaban J connectivity index is 1.87. The normalized spacial score (nSPS) is 21.2. The molecular weight excluding hydrogens is 291 g/mol. The van der Waals surface area contributed by atoms with Crippen molar-refractivity contribution in [1.29, 1.82) is 0 Å². The SMILES string of the molecule is COC(=O)CC1CCC(Oc2ccc(C(=O)O)c(F)c2)CC1. The maximum atomic E-state index is 13.6. The largest absolute Gasteiger partial charge is 0.490 e. The Morgan fingerprint density at radius 3 is 2.50 bits per heavy atom. The molecule has 0 unspecified atom stereocenters. The molecular formula is C16H19FO5. The van der Waals surface area contributed by atoms with Crippen molar-refractivity contribution in [2.75, 3.05) is 7.11 Å². The van der Waals surface area contributed by atoms with Gasteiger partial charge in [-0.15, -0.1) is 0 Å². The molecule has 1 aliphatic carbocycles. The summed E-state index contributed by atoms with van der Waals surface area (Å²) < 4.78 is 23.9. The molecule has 1 N–H and O–H groups in total. The first-order valence-electron chi connectivity index (χ1n) is 7.26. The van der Waals surface area contributed by atoms with E-state index in [0.29, 0.717) is 18.1 Å². The van der Waals surface area contributed by atoms with Crippen LogP contribution in [0.25, 0.3) is 0 Å². The first kappa shape index (κ1) is 16.3. The standard InChI is InChI=1S/C16H19FO5/c1-21-15(18)8-10-2-4-11(5-3-10)22-12-6-7-13(16(19)20)14(17)9-12/h6-7,9-11H,2-5,8H2,1H3,(H,19,20). The molecule has 0 bridgehead atoms. The summed E-state index contributed by atoms with van der Waals surface area (Å²) in [6.45, 7) is 0. The molecule has 120 valence electrons. The monoisotopic (exact) mass is 310 g/mol. The van der Waals surface area contributed by atoms with Crippen molar-refractivity contribution in [3.05, 3.63) is 29.6 Å². The van der Waals surface area contributed by atoms with Gasteiger partial charge in [0.1, 0.15) is 11.6 Å². The van der Waals surface area contributed by atoms with Crippen molar-refractivity contribution in [2.24, 2.45) is 5.92 Å². The maximum absolute atomic E-state index is 13.6. The predicted octanol–water partition coefficient (Wildman–Crippen LogP) is 3.02. The summed E-state index contributed by atoms with van der Waals surface area (Å²) in [7, 11) is 1.38. The van der Waals surface area contributed by atoms with E-state index in [2.05, 4.69) is 4.74 Å². The zero-order valence-corrected chi connectivity index (χ0v) is 12.4. The van der Waals surface area contributed by atoms with Crippen LogP contribution in [0.15, 0.2) is 18.2 Å². The summed E-state index contributed by atoms with van der Waals surface area (Å²) in [5.74, 6) is -1.66. The minimum absolute atomic E-state index is 0.0380. The van der Waals surface area contributed by atoms with Gasteiger partial charge in [-0.2, -0.15) is 0 Å². The van der Waals surface area contributed by atoms with Crippen LogP contribution < -0.4 is 4.74 Å². The van der Waals surface area contributed by atoms with Crippen LogP contribution in [-0.2, 0) is 9.53 Å². The number of carboxylic acid groups (broad SMARTS) is 1. The van der Waals surface area contributed by atoms with E-state index in [1.54, 1.807) is 0 Å². The molecule has 1 saturated carbocycles. The quantitative estimate of drug-likeness (QED) is 0.846. The van der Waals surface area contributed by atoms with Crippen molar-refractivity contribution in [1.82, 2.24) is 0 Å². The van der Waals surface area contributed by atoms with E-state index in [1.807, 2.05) is 0 Å². The lowest BCUT2D eigenvalue weighted by Crippen LogP contribution is -2.25. The third kappa shape index (κ3) is 4.19. The van der Waals surface area contributed by atoms with Crippen LogP contribution in [-0.4, -0.2) is 30.3 Å². The van der Waals surface area contributed by atoms with Gasteiger partial charge in [-0.3, -0.25) is 4.79 Å². The van der Waals surface area contributed by atoms with Gasteiger partial charge in [0, 0.05) is 12.5 Å². The Kier molecular flexibility index (Phi) is 5.35. The number of ether oxygens (including phenoxy) is 2. The minimum atomic E-state index is -1.30. The van der Waals surface area contributed by atoms with Crippen LogP contribution in [0.1, 0.15) is 42.5 Å². The third-order valence-electron chi connectivity index (χ3n) is 3.95. The zero-order chi connectivity index (χ0) is 16.1. The number of carboxylic acids is 1. The van der Waals surface area contributed by atoms with Crippen LogP contribution in [0.3, 0.4) is 0 Å². The van der Waals surface area contributed by atoms with Crippen LogP contribution in [0.5, 0.6) is 5.75 Å². The van der Waals surface area contributed by atoms with Gasteiger partial charge >= 0.3 is 11.9 Å². The van der Waals surface area contributed by atoms with E-state index in [9.17, 15) is 14.0 Å². The number of esters is 1. The van der Waals surface area contributed by atoms with E-state index >= 15 is 0 Å². The molecule has 5 nitrogen and oxygen atoms in total. The number of benzene rings is 1. The number of halogens is 1. The highest BCUT2D eigenvalue weighted by Gasteiger charge is 2.24. The second kappa shape index (κ2) is 7.24. The molecule has 0 aliphatic heterocycles. The summed E-state index contributed by atoms with van der Waals surface area (Å²) in [6.07, 6.45) is 3.66. The molecule has 0 spiro atoms. The van der Waals surface area contributed by atoms with Crippen molar-refractivity contribution >= 4 is 11.9 Å². The van der Waals surface area contributed by atoms with Gasteiger partial charge in [0.25, 0.3) is 0 Å². The lowest BCUT2D eigenvalue weighted by Gasteiger charge is -2.28. The van der Waals surface area contributed by atoms with Crippen molar-refractivity contribution in [2.45, 2.75) is 38.2 Å². The molecule has 1 aromatic rings. The Bertz CT molecular complexity index is 549. The number of rotatable bonds is 5. The van der Waals surface area contributed by atoms with Gasteiger partial charge in [0.2, 0.25) is 0 Å². The number of hydrogen-bond donors (Lipinski definition) is 1. The zero-order valence-electron chi connectivity index (χ0n) is 12.4. The molecule has 0 saturated heterocycles. The van der Waals surface area contributed by atoms with Crippen molar-refractivity contribution in [3.8, 4) is 5.75 Å². The summed E-state index contributed by atoms with van der Waals surface area (Å²) >= 11 is 0. The van der Waals surface area contributed by atoms with Gasteiger partial charge in [-0.1, -0.05) is 0 Å². The van der Waals surface area contributed by atoms with Crippen LogP contribution in [0.4, 0.5) is 4.39 Å². The highest BCUT2D eigenvalue weighted by molar-refractivity contribution is 5.88. The Morgan fingerprint density at radius 2 is 1.95 bits per heavy atom. The topological polar surface area (TPSA) is 72.8 Å². The fourth-order valence-electron chi connectivity index (χ4n) is 2.71. The van der Waals surface area contributed by atoms with Crippen LogP contribution in [0, 0.1) is 11.7 Å². The first-order chi connectivity index (χ1) is 10.5. The molecule has 22 heavy (non-hydrogen) atoms. The summed E-state index contributed by atoms with van der Waals surface area (Å²) in [4.78, 5) is 22.0. The molecule has 1 fully saturated rings. The summed E-state index contributed by atoms with van der Waals surface area (Å²) in [5.41, 5.74) is -0.367. The van der Waals surface area contributed by atoms with E-state index < -0.39 is 11.8 Å². The number of hydrogen-bond acceptors (Lipinski definition) is 4. The average molecular weight is 310 g/mol. The van der Waals surface area contributed by atoms with Crippen molar-refractivity contribution < 1.29 is 28.6 Å². The second-order valence-corrected chi connectivity index (χ2v) is 5.49. The Morgan fingerprint density at radius 1 is 1.27 bits per heavy atom. The number of carbonyl (C=O) groups is 2. The van der Waals surface area contributed by atoms with Gasteiger partial charge in [-0.25, -0.2) is 9.18 Å². The Hall–Kier alpha value is -2.11. The third-order valence-corrected chi connectivity index (χ3v) is 3.95. The molecule has 2 rings (SSSR count). The van der Waals surface area contributed by atoms with Crippen molar-refractivity contribution in [3.63, 3.8) is 0 Å². The lowest BCUT2D eigenvalue weighted by atomic mass is 9.85. The van der Waals surface area contributed by atoms with E-state index in [4.69, 9.17) is 9.84 Å². The molecule has 0 atom stereocenters. The van der Waals surface area contributed by atoms with E-state index in [0.717, 1.165) is 31.7 Å². The molecule has 0 amide bonds. The molecule has 0 aromatic heterocycles. The predicted molar refractivity (Wildman–Crippen MR) is 76.4 cm³/mol. The van der Waals surface area contributed by atoms with Gasteiger partial charge in [0.05, 0.1) is 18.8 Å². The van der Waals surface area contributed by atoms with E-state index in [-0.39, 0.29) is 17.6 Å². The summed E-state index contributed by atoms with van der Waals surface area (Å²) in [5, 5.41) is 8.78. The molecule has 0 heterocycles. The van der Waals surface area contributed by atoms with E-state index in [1.165, 1.54) is 19.2 Å². The maximum Gasteiger partial charge on any atom is 0.338 e. The summed E-state index contributed by atoms with van der Waals surface area (Å²) in [6, 6.07) is 3.77. The van der Waals surface area contributed by atoms with Crippen LogP contribution >= 0.6 is 0 Å². The van der Waals surface area contributed by atoms with Gasteiger partial charge in [0.15, 0.2) is 0 Å². The fraction of sp³-hybridized carbons (Fsp3) is 0.500. The molecule has 1 aromatic carbocycles. The molecule has 0 radical (unpaired) electrons.